The third-order valence-electron chi connectivity index (χ3n) is 3.90. The summed E-state index contributed by atoms with van der Waals surface area (Å²) in [7, 11) is 0. The maximum Gasteiger partial charge on any atom is 0.413 e. The Balaban J connectivity index is 1.62. The zero-order chi connectivity index (χ0) is 19.9. The van der Waals surface area contributed by atoms with Crippen LogP contribution in [0.1, 0.15) is 11.1 Å². The average Bonchev–Trinajstić information content (AvgIpc) is 2.71. The molecule has 28 heavy (non-hydrogen) atoms. The first kappa shape index (κ1) is 18.9. The van der Waals surface area contributed by atoms with E-state index in [0.29, 0.717) is 11.3 Å². The molecule has 0 heterocycles. The number of carboxylic acid groups (broad SMARTS) is 1. The van der Waals surface area contributed by atoms with Gasteiger partial charge in [0.2, 0.25) is 0 Å². The summed E-state index contributed by atoms with van der Waals surface area (Å²) in [5, 5.41) is 20.8. The molecular weight excluding hydrogens is 360 g/mol. The Labute approximate surface area is 161 Å². The fourth-order valence-electron chi connectivity index (χ4n) is 2.55. The number of hydrogen-bond acceptors (Lipinski definition) is 5. The van der Waals surface area contributed by atoms with Crippen molar-refractivity contribution in [2.24, 2.45) is 0 Å². The number of amidine groups is 1. The van der Waals surface area contributed by atoms with E-state index in [1.54, 1.807) is 36.4 Å². The van der Waals surface area contributed by atoms with Gasteiger partial charge in [-0.15, -0.1) is 0 Å². The molecule has 0 atom stereocenters. The van der Waals surface area contributed by atoms with Crippen molar-refractivity contribution in [2.45, 2.75) is 6.61 Å². The Hall–Kier alpha value is -3.87. The Kier molecular flexibility index (Phi) is 5.86. The van der Waals surface area contributed by atoms with E-state index in [9.17, 15) is 9.59 Å². The third kappa shape index (κ3) is 5.07. The molecule has 7 heteroatoms. The number of aliphatic carboxylic acids is 1. The molecule has 1 amide bonds. The highest BCUT2D eigenvalue weighted by Crippen LogP contribution is 2.22. The van der Waals surface area contributed by atoms with Gasteiger partial charge in [0.05, 0.1) is 0 Å². The summed E-state index contributed by atoms with van der Waals surface area (Å²) in [6.45, 7) is -0.292. The van der Waals surface area contributed by atoms with Crippen molar-refractivity contribution in [2.75, 3.05) is 6.61 Å². The van der Waals surface area contributed by atoms with Crippen LogP contribution in [-0.2, 0) is 16.1 Å². The van der Waals surface area contributed by atoms with E-state index in [0.717, 1.165) is 16.3 Å². The van der Waals surface area contributed by atoms with Crippen LogP contribution in [-0.4, -0.2) is 29.6 Å². The molecule has 3 N–H and O–H groups in total. The molecule has 3 aromatic rings. The summed E-state index contributed by atoms with van der Waals surface area (Å²) in [4.78, 5) is 22.5. The molecule has 0 spiro atoms. The van der Waals surface area contributed by atoms with E-state index in [2.05, 4.69) is 5.32 Å². The summed E-state index contributed by atoms with van der Waals surface area (Å²) in [6, 6.07) is 19.6. The zero-order valence-corrected chi connectivity index (χ0v) is 14.8. The summed E-state index contributed by atoms with van der Waals surface area (Å²) >= 11 is 0. The Morgan fingerprint density at radius 3 is 2.43 bits per heavy atom. The molecule has 0 aliphatic carbocycles. The summed E-state index contributed by atoms with van der Waals surface area (Å²) in [5.41, 5.74) is 1.37. The number of amides is 1. The number of carboxylic acids is 1. The van der Waals surface area contributed by atoms with Crippen molar-refractivity contribution >= 4 is 28.7 Å². The first-order valence-corrected chi connectivity index (χ1v) is 8.46. The number of alkyl carbamates (subject to hydrolysis) is 1. The molecule has 7 nitrogen and oxygen atoms in total. The monoisotopic (exact) mass is 378 g/mol. The van der Waals surface area contributed by atoms with Gasteiger partial charge in [-0.05, 0) is 34.5 Å². The molecule has 0 bridgehead atoms. The van der Waals surface area contributed by atoms with Crippen LogP contribution in [0, 0.1) is 5.41 Å². The molecule has 0 unspecified atom stereocenters. The van der Waals surface area contributed by atoms with Gasteiger partial charge in [0.1, 0.15) is 18.2 Å². The van der Waals surface area contributed by atoms with Crippen molar-refractivity contribution in [3.63, 3.8) is 0 Å². The second-order valence-electron chi connectivity index (χ2n) is 5.97. The normalized spacial score (nSPS) is 10.3. The Morgan fingerprint density at radius 1 is 0.964 bits per heavy atom. The van der Waals surface area contributed by atoms with E-state index in [1.165, 1.54) is 0 Å². The molecule has 0 fully saturated rings. The molecule has 142 valence electrons. The summed E-state index contributed by atoms with van der Waals surface area (Å²) in [6.07, 6.45) is -0.702. The van der Waals surface area contributed by atoms with Crippen LogP contribution in [0.4, 0.5) is 4.79 Å². The van der Waals surface area contributed by atoms with E-state index >= 15 is 0 Å². The second kappa shape index (κ2) is 8.68. The van der Waals surface area contributed by atoms with Crippen LogP contribution in [0.3, 0.4) is 0 Å². The number of hydrogen-bond donors (Lipinski definition) is 3. The van der Waals surface area contributed by atoms with Gasteiger partial charge in [0.25, 0.3) is 0 Å². The van der Waals surface area contributed by atoms with Crippen LogP contribution < -0.4 is 10.1 Å². The molecular formula is C21H18N2O5. The van der Waals surface area contributed by atoms with Crippen molar-refractivity contribution < 1.29 is 24.2 Å². The van der Waals surface area contributed by atoms with E-state index in [-0.39, 0.29) is 12.4 Å². The minimum atomic E-state index is -1.05. The number of fused-ring (bicyclic) bond motifs is 1. The third-order valence-corrected chi connectivity index (χ3v) is 3.90. The van der Waals surface area contributed by atoms with E-state index < -0.39 is 18.7 Å². The number of ether oxygens (including phenoxy) is 2. The predicted octanol–water partition coefficient (Wildman–Crippen LogP) is 3.55. The lowest BCUT2D eigenvalue weighted by Gasteiger charge is -2.10. The fraction of sp³-hybridized carbons (Fsp3) is 0.0952. The molecule has 3 aromatic carbocycles. The van der Waals surface area contributed by atoms with Crippen LogP contribution in [0.2, 0.25) is 0 Å². The largest absolute Gasteiger partial charge is 0.482 e. The summed E-state index contributed by atoms with van der Waals surface area (Å²) < 4.78 is 10.3. The second-order valence-corrected chi connectivity index (χ2v) is 5.97. The number of benzene rings is 3. The lowest BCUT2D eigenvalue weighted by Crippen LogP contribution is -2.30. The van der Waals surface area contributed by atoms with Gasteiger partial charge in [-0.3, -0.25) is 10.7 Å². The highest BCUT2D eigenvalue weighted by molar-refractivity contribution is 6.06. The number of carbonyl (C=O) groups excluding carboxylic acids is 1. The summed E-state index contributed by atoms with van der Waals surface area (Å²) in [5.74, 6) is -0.680. The molecule has 0 radical (unpaired) electrons. The van der Waals surface area contributed by atoms with Gasteiger partial charge in [-0.1, -0.05) is 48.5 Å². The van der Waals surface area contributed by atoms with Gasteiger partial charge in [0.15, 0.2) is 6.61 Å². The lowest BCUT2D eigenvalue weighted by molar-refractivity contribution is -0.139. The Bertz CT molecular complexity index is 1020. The van der Waals surface area contributed by atoms with Gasteiger partial charge in [-0.25, -0.2) is 9.59 Å². The maximum atomic E-state index is 11.9. The zero-order valence-electron chi connectivity index (χ0n) is 14.8. The molecule has 0 saturated heterocycles. The molecule has 0 aliphatic heterocycles. The predicted molar refractivity (Wildman–Crippen MR) is 104 cm³/mol. The smallest absolute Gasteiger partial charge is 0.413 e. The van der Waals surface area contributed by atoms with E-state index in [4.69, 9.17) is 20.0 Å². The topological polar surface area (TPSA) is 109 Å². The van der Waals surface area contributed by atoms with Crippen LogP contribution in [0.25, 0.3) is 10.8 Å². The minimum Gasteiger partial charge on any atom is -0.482 e. The van der Waals surface area contributed by atoms with Crippen LogP contribution in [0.5, 0.6) is 5.75 Å². The average molecular weight is 378 g/mol. The highest BCUT2D eigenvalue weighted by Gasteiger charge is 2.09. The minimum absolute atomic E-state index is 0.0776. The quantitative estimate of drug-likeness (QED) is 0.449. The van der Waals surface area contributed by atoms with Crippen molar-refractivity contribution in [1.29, 1.82) is 5.41 Å². The van der Waals surface area contributed by atoms with Gasteiger partial charge in [0, 0.05) is 5.56 Å². The first-order valence-electron chi connectivity index (χ1n) is 8.46. The molecule has 3 rings (SSSR count). The standard InChI is InChI=1S/C21H18N2O5/c22-20(23-21(26)28-12-14-4-2-1-3-5-14)17-7-6-16-11-18(27-13-19(24)25)9-8-15(16)10-17/h1-11H,12-13H2,(H,24,25)(H2,22,23,26). The number of rotatable bonds is 6. The molecule has 0 aliphatic rings. The van der Waals surface area contributed by atoms with E-state index in [1.807, 2.05) is 30.3 Å². The first-order chi connectivity index (χ1) is 13.5. The van der Waals surface area contributed by atoms with Crippen molar-refractivity contribution in [1.82, 2.24) is 5.32 Å². The van der Waals surface area contributed by atoms with Gasteiger partial charge in [-0.2, -0.15) is 0 Å². The van der Waals surface area contributed by atoms with Gasteiger partial charge >= 0.3 is 12.1 Å². The van der Waals surface area contributed by atoms with Crippen molar-refractivity contribution in [3.8, 4) is 5.75 Å². The lowest BCUT2D eigenvalue weighted by atomic mass is 10.1. The highest BCUT2D eigenvalue weighted by atomic mass is 16.5. The van der Waals surface area contributed by atoms with Crippen molar-refractivity contribution in [3.05, 3.63) is 77.9 Å². The SMILES string of the molecule is N=C(NC(=O)OCc1ccccc1)c1ccc2cc(OCC(=O)O)ccc2c1. The molecule has 0 aromatic heterocycles. The fourth-order valence-corrected chi connectivity index (χ4v) is 2.55. The molecule has 0 saturated carbocycles. The van der Waals surface area contributed by atoms with Gasteiger partial charge < -0.3 is 14.6 Å². The van der Waals surface area contributed by atoms with Crippen LogP contribution in [0.15, 0.2) is 66.7 Å². The number of carbonyl (C=O) groups is 2. The Morgan fingerprint density at radius 2 is 1.68 bits per heavy atom. The van der Waals surface area contributed by atoms with Crippen LogP contribution >= 0.6 is 0 Å². The number of nitrogens with one attached hydrogen (secondary N) is 2. The maximum absolute atomic E-state index is 11.9.